The predicted octanol–water partition coefficient (Wildman–Crippen LogP) is 4.45. The van der Waals surface area contributed by atoms with Crippen molar-refractivity contribution in [2.75, 3.05) is 23.8 Å². The van der Waals surface area contributed by atoms with E-state index >= 15 is 0 Å². The molecule has 2 N–H and O–H groups in total. The topological polar surface area (TPSA) is 50.4 Å². The number of rotatable bonds is 8. The predicted molar refractivity (Wildman–Crippen MR) is 93.0 cm³/mol. The molecule has 2 rings (SSSR count). The lowest BCUT2D eigenvalue weighted by atomic mass is 10.3. The summed E-state index contributed by atoms with van der Waals surface area (Å²) in [5.41, 5.74) is 1.14. The summed E-state index contributed by atoms with van der Waals surface area (Å²) < 4.78 is 30.4. The number of ether oxygens (including phenoxy) is 1. The van der Waals surface area contributed by atoms with Crippen molar-refractivity contribution in [2.45, 2.75) is 17.6 Å². The van der Waals surface area contributed by atoms with Crippen molar-refractivity contribution in [1.29, 1.82) is 0 Å². The van der Waals surface area contributed by atoms with Gasteiger partial charge in [0.25, 0.3) is 5.76 Å². The van der Waals surface area contributed by atoms with Gasteiger partial charge >= 0.3 is 0 Å². The van der Waals surface area contributed by atoms with Crippen LogP contribution in [-0.4, -0.2) is 24.8 Å². The summed E-state index contributed by atoms with van der Waals surface area (Å²) in [5, 5.41) is 5.61. The maximum Gasteiger partial charge on any atom is 0.288 e. The molecule has 0 radical (unpaired) electrons. The Hall–Kier alpha value is -2.28. The molecule has 24 heavy (non-hydrogen) atoms. The molecule has 2 aromatic carbocycles. The van der Waals surface area contributed by atoms with Gasteiger partial charge in [-0.15, -0.1) is 0 Å². The molecule has 2 aromatic rings. The van der Waals surface area contributed by atoms with Gasteiger partial charge in [-0.3, -0.25) is 4.79 Å². The third-order valence-electron chi connectivity index (χ3n) is 3.00. The molecule has 0 aliphatic rings. The third kappa shape index (κ3) is 5.73. The molecule has 0 atom stereocenters. The Morgan fingerprint density at radius 2 is 1.88 bits per heavy atom. The first-order valence-electron chi connectivity index (χ1n) is 7.39. The molecule has 0 fully saturated rings. The lowest BCUT2D eigenvalue weighted by Gasteiger charge is -2.11. The number of carbonyl (C=O) groups excluding carboxylic acids is 1. The molecule has 128 valence electrons. The highest BCUT2D eigenvalue weighted by molar-refractivity contribution is 7.99. The standard InChI is InChI=1S/C17H18F2N2O2S/c1-2-23-13-9-7-12(8-10-13)20-11-16(22)21-14-5-3-4-6-15(14)24-17(18)19/h3-10,17,20H,2,11H2,1H3,(H,21,22). The Labute approximate surface area is 143 Å². The number of amides is 1. The number of hydrogen-bond donors (Lipinski definition) is 2. The monoisotopic (exact) mass is 352 g/mol. The van der Waals surface area contributed by atoms with Crippen LogP contribution in [0, 0.1) is 0 Å². The van der Waals surface area contributed by atoms with Crippen molar-refractivity contribution in [3.8, 4) is 5.75 Å². The number of hydrogen-bond acceptors (Lipinski definition) is 4. The van der Waals surface area contributed by atoms with Gasteiger partial charge in [0.15, 0.2) is 0 Å². The van der Waals surface area contributed by atoms with Gasteiger partial charge in [0.2, 0.25) is 5.91 Å². The van der Waals surface area contributed by atoms with E-state index in [2.05, 4.69) is 10.6 Å². The first-order chi connectivity index (χ1) is 11.6. The van der Waals surface area contributed by atoms with Crippen LogP contribution in [0.3, 0.4) is 0 Å². The average molecular weight is 352 g/mol. The largest absolute Gasteiger partial charge is 0.494 e. The summed E-state index contributed by atoms with van der Waals surface area (Å²) >= 11 is 0.405. The minimum Gasteiger partial charge on any atom is -0.494 e. The van der Waals surface area contributed by atoms with E-state index in [1.165, 1.54) is 0 Å². The zero-order valence-corrected chi connectivity index (χ0v) is 13.9. The van der Waals surface area contributed by atoms with Crippen LogP contribution >= 0.6 is 11.8 Å². The van der Waals surface area contributed by atoms with Crippen LogP contribution in [0.15, 0.2) is 53.4 Å². The fourth-order valence-electron chi connectivity index (χ4n) is 1.98. The Morgan fingerprint density at radius 1 is 1.17 bits per heavy atom. The van der Waals surface area contributed by atoms with Crippen molar-refractivity contribution in [1.82, 2.24) is 0 Å². The molecule has 0 heterocycles. The molecule has 0 saturated heterocycles. The quantitative estimate of drug-likeness (QED) is 0.689. The van der Waals surface area contributed by atoms with E-state index in [0.29, 0.717) is 29.0 Å². The fraction of sp³-hybridized carbons (Fsp3) is 0.235. The van der Waals surface area contributed by atoms with Crippen LogP contribution in [0.25, 0.3) is 0 Å². The first kappa shape index (κ1) is 18.1. The summed E-state index contributed by atoms with van der Waals surface area (Å²) in [6.07, 6.45) is 0. The summed E-state index contributed by atoms with van der Waals surface area (Å²) in [5.74, 6) is -2.10. The SMILES string of the molecule is CCOc1ccc(NCC(=O)Nc2ccccc2SC(F)F)cc1. The molecule has 0 aromatic heterocycles. The second-order valence-corrected chi connectivity index (χ2v) is 5.77. The van der Waals surface area contributed by atoms with E-state index in [9.17, 15) is 13.6 Å². The summed E-state index contributed by atoms with van der Waals surface area (Å²) in [7, 11) is 0. The molecule has 0 saturated carbocycles. The average Bonchev–Trinajstić information content (AvgIpc) is 2.56. The molecule has 7 heteroatoms. The third-order valence-corrected chi connectivity index (χ3v) is 3.78. The van der Waals surface area contributed by atoms with Gasteiger partial charge < -0.3 is 15.4 Å². The van der Waals surface area contributed by atoms with E-state index < -0.39 is 5.76 Å². The molecule has 0 spiro atoms. The van der Waals surface area contributed by atoms with Crippen LogP contribution in [0.1, 0.15) is 6.92 Å². The van der Waals surface area contributed by atoms with Gasteiger partial charge in [-0.2, -0.15) is 8.78 Å². The maximum absolute atomic E-state index is 12.5. The van der Waals surface area contributed by atoms with Gasteiger partial charge in [-0.1, -0.05) is 23.9 Å². The second-order valence-electron chi connectivity index (χ2n) is 4.73. The zero-order valence-electron chi connectivity index (χ0n) is 13.1. The summed E-state index contributed by atoms with van der Waals surface area (Å²) in [4.78, 5) is 12.3. The normalized spacial score (nSPS) is 10.5. The van der Waals surface area contributed by atoms with Gasteiger partial charge in [-0.05, 0) is 43.3 Å². The molecular weight excluding hydrogens is 334 g/mol. The lowest BCUT2D eigenvalue weighted by Crippen LogP contribution is -2.22. The Morgan fingerprint density at radius 3 is 2.54 bits per heavy atom. The summed E-state index contributed by atoms with van der Waals surface area (Å²) in [6.45, 7) is 2.52. The van der Waals surface area contributed by atoms with Gasteiger partial charge in [0.05, 0.1) is 18.8 Å². The molecule has 0 unspecified atom stereocenters. The van der Waals surface area contributed by atoms with Crippen LogP contribution in [-0.2, 0) is 4.79 Å². The molecular formula is C17H18F2N2O2S. The molecule has 0 aliphatic heterocycles. The number of nitrogens with one attached hydrogen (secondary N) is 2. The van der Waals surface area contributed by atoms with Crippen LogP contribution < -0.4 is 15.4 Å². The van der Waals surface area contributed by atoms with E-state index in [1.807, 2.05) is 6.92 Å². The van der Waals surface area contributed by atoms with Crippen molar-refractivity contribution >= 4 is 29.0 Å². The number of para-hydroxylation sites is 1. The van der Waals surface area contributed by atoms with Crippen molar-refractivity contribution in [3.05, 3.63) is 48.5 Å². The van der Waals surface area contributed by atoms with Gasteiger partial charge in [0.1, 0.15) is 5.75 Å². The molecule has 4 nitrogen and oxygen atoms in total. The summed E-state index contributed by atoms with van der Waals surface area (Å²) in [6, 6.07) is 13.7. The van der Waals surface area contributed by atoms with Crippen LogP contribution in [0.4, 0.5) is 20.2 Å². The maximum atomic E-state index is 12.5. The number of alkyl halides is 2. The Kier molecular flexibility index (Phi) is 6.87. The zero-order chi connectivity index (χ0) is 17.4. The first-order valence-corrected chi connectivity index (χ1v) is 8.27. The van der Waals surface area contributed by atoms with E-state index in [0.717, 1.165) is 11.4 Å². The van der Waals surface area contributed by atoms with E-state index in [4.69, 9.17) is 4.74 Å². The number of anilines is 2. The molecule has 0 aliphatic carbocycles. The van der Waals surface area contributed by atoms with Crippen molar-refractivity contribution in [2.24, 2.45) is 0 Å². The number of carbonyl (C=O) groups is 1. The van der Waals surface area contributed by atoms with E-state index in [-0.39, 0.29) is 12.5 Å². The smallest absolute Gasteiger partial charge is 0.288 e. The van der Waals surface area contributed by atoms with E-state index in [1.54, 1.807) is 48.5 Å². The number of thioether (sulfide) groups is 1. The van der Waals surface area contributed by atoms with Crippen LogP contribution in [0.5, 0.6) is 5.75 Å². The minimum absolute atomic E-state index is 0.0294. The lowest BCUT2D eigenvalue weighted by molar-refractivity contribution is -0.114. The number of benzene rings is 2. The minimum atomic E-state index is -2.54. The van der Waals surface area contributed by atoms with Crippen molar-refractivity contribution in [3.63, 3.8) is 0 Å². The highest BCUT2D eigenvalue weighted by Gasteiger charge is 2.11. The Bertz CT molecular complexity index is 666. The fourth-order valence-corrected chi connectivity index (χ4v) is 2.58. The highest BCUT2D eigenvalue weighted by Crippen LogP contribution is 2.31. The Balaban J connectivity index is 1.89. The van der Waals surface area contributed by atoms with Gasteiger partial charge in [-0.25, -0.2) is 0 Å². The second kappa shape index (κ2) is 9.12. The highest BCUT2D eigenvalue weighted by atomic mass is 32.2. The number of halogens is 2. The molecule has 1 amide bonds. The van der Waals surface area contributed by atoms with Crippen LogP contribution in [0.2, 0.25) is 0 Å². The van der Waals surface area contributed by atoms with Gasteiger partial charge in [0, 0.05) is 10.6 Å². The molecule has 0 bridgehead atoms. The van der Waals surface area contributed by atoms with Crippen molar-refractivity contribution < 1.29 is 18.3 Å².